The molecule has 1 aromatic rings. The summed E-state index contributed by atoms with van der Waals surface area (Å²) in [5, 5.41) is 9.25. The summed E-state index contributed by atoms with van der Waals surface area (Å²) >= 11 is 0. The minimum atomic E-state index is -0.905. The maximum Gasteiger partial charge on any atom is 0.312 e. The molecule has 1 aliphatic heterocycles. The lowest BCUT2D eigenvalue weighted by atomic mass is 9.90. The zero-order valence-electron chi connectivity index (χ0n) is 10.1. The Morgan fingerprint density at radius 2 is 2.17 bits per heavy atom. The number of aliphatic carboxylic acids is 1. The van der Waals surface area contributed by atoms with Crippen molar-refractivity contribution in [3.8, 4) is 0 Å². The molecule has 1 N–H and O–H groups in total. The zero-order chi connectivity index (χ0) is 13.1. The molecule has 0 aliphatic carbocycles. The van der Waals surface area contributed by atoms with Crippen LogP contribution in [0.15, 0.2) is 24.3 Å². The Balaban J connectivity index is 2.28. The topological polar surface area (TPSA) is 66.8 Å². The Kier molecular flexibility index (Phi) is 3.62. The molecule has 5 heteroatoms. The van der Waals surface area contributed by atoms with Crippen molar-refractivity contribution in [2.24, 2.45) is 0 Å². The third kappa shape index (κ3) is 2.36. The fraction of sp³-hybridized carbons (Fsp3) is 0.385. The first-order valence-electron chi connectivity index (χ1n) is 5.70. The fourth-order valence-electron chi connectivity index (χ4n) is 2.22. The number of nitrogens with zero attached hydrogens (tertiary/aromatic N) is 1. The number of carbonyl (C=O) groups excluding carboxylic acids is 1. The molecule has 0 bridgehead atoms. The lowest BCUT2D eigenvalue weighted by Gasteiger charge is -2.32. The van der Waals surface area contributed by atoms with Crippen molar-refractivity contribution in [3.63, 3.8) is 0 Å². The van der Waals surface area contributed by atoms with E-state index in [0.29, 0.717) is 6.54 Å². The summed E-state index contributed by atoms with van der Waals surface area (Å²) in [6, 6.07) is 7.34. The number of rotatable bonds is 3. The van der Waals surface area contributed by atoms with Gasteiger partial charge in [0, 0.05) is 20.2 Å². The van der Waals surface area contributed by atoms with Gasteiger partial charge in [0.1, 0.15) is 6.61 Å². The van der Waals surface area contributed by atoms with Gasteiger partial charge >= 0.3 is 5.97 Å². The molecule has 0 saturated carbocycles. The largest absolute Gasteiger partial charge is 0.481 e. The van der Waals surface area contributed by atoms with Crippen LogP contribution in [0.2, 0.25) is 0 Å². The van der Waals surface area contributed by atoms with E-state index in [1.807, 2.05) is 24.3 Å². The fourth-order valence-corrected chi connectivity index (χ4v) is 2.22. The third-order valence-corrected chi connectivity index (χ3v) is 3.11. The number of carboxylic acids is 1. The van der Waals surface area contributed by atoms with Crippen LogP contribution < -0.4 is 0 Å². The van der Waals surface area contributed by atoms with Gasteiger partial charge in [-0.25, -0.2) is 0 Å². The van der Waals surface area contributed by atoms with Crippen LogP contribution >= 0.6 is 0 Å². The van der Waals surface area contributed by atoms with Gasteiger partial charge in [0.25, 0.3) is 0 Å². The Morgan fingerprint density at radius 1 is 1.44 bits per heavy atom. The van der Waals surface area contributed by atoms with E-state index < -0.39 is 11.9 Å². The average molecular weight is 249 g/mol. The van der Waals surface area contributed by atoms with Gasteiger partial charge in [-0.3, -0.25) is 9.59 Å². The van der Waals surface area contributed by atoms with Gasteiger partial charge in [0.05, 0.1) is 5.92 Å². The molecule has 2 rings (SSSR count). The average Bonchev–Trinajstić information content (AvgIpc) is 2.37. The number of ether oxygens (including phenoxy) is 1. The van der Waals surface area contributed by atoms with E-state index in [0.717, 1.165) is 11.1 Å². The number of benzene rings is 1. The number of fused-ring (bicyclic) bond motifs is 1. The summed E-state index contributed by atoms with van der Waals surface area (Å²) in [5.74, 6) is -1.74. The molecule has 0 aromatic heterocycles. The lowest BCUT2D eigenvalue weighted by molar-refractivity contribution is -0.142. The standard InChI is InChI=1S/C13H15NO4/c1-18-8-12(15)14-6-9-4-2-3-5-10(9)11(7-14)13(16)17/h2-5,11H,6-8H2,1H3,(H,16,17). The molecule has 5 nitrogen and oxygen atoms in total. The molecule has 0 fully saturated rings. The van der Waals surface area contributed by atoms with Crippen LogP contribution in [0.4, 0.5) is 0 Å². The molecular formula is C13H15NO4. The molecule has 96 valence electrons. The summed E-state index contributed by atoms with van der Waals surface area (Å²) in [5.41, 5.74) is 1.69. The molecule has 1 unspecified atom stereocenters. The van der Waals surface area contributed by atoms with Gasteiger partial charge in [-0.1, -0.05) is 24.3 Å². The Morgan fingerprint density at radius 3 is 2.83 bits per heavy atom. The van der Waals surface area contributed by atoms with Crippen molar-refractivity contribution in [1.29, 1.82) is 0 Å². The van der Waals surface area contributed by atoms with Gasteiger partial charge in [0.15, 0.2) is 0 Å². The van der Waals surface area contributed by atoms with Crippen molar-refractivity contribution in [2.75, 3.05) is 20.3 Å². The first kappa shape index (κ1) is 12.6. The summed E-state index contributed by atoms with van der Waals surface area (Å²) in [7, 11) is 1.45. The smallest absolute Gasteiger partial charge is 0.312 e. The summed E-state index contributed by atoms with van der Waals surface area (Å²) in [4.78, 5) is 24.6. The molecule has 1 heterocycles. The highest BCUT2D eigenvalue weighted by Crippen LogP contribution is 2.28. The summed E-state index contributed by atoms with van der Waals surface area (Å²) in [6.45, 7) is 0.630. The van der Waals surface area contributed by atoms with Crippen LogP contribution in [0, 0.1) is 0 Å². The predicted octanol–water partition coefficient (Wildman–Crippen LogP) is 0.843. The van der Waals surface area contributed by atoms with Crippen molar-refractivity contribution < 1.29 is 19.4 Å². The number of carboxylic acid groups (broad SMARTS) is 1. The number of amides is 1. The Labute approximate surface area is 105 Å². The molecule has 0 saturated heterocycles. The Bertz CT molecular complexity index is 472. The molecule has 0 radical (unpaired) electrons. The van der Waals surface area contributed by atoms with Crippen LogP contribution in [0.3, 0.4) is 0 Å². The number of methoxy groups -OCH3 is 1. The SMILES string of the molecule is COCC(=O)N1Cc2ccccc2C(C(=O)O)C1. The summed E-state index contributed by atoms with van der Waals surface area (Å²) in [6.07, 6.45) is 0. The number of hydrogen-bond donors (Lipinski definition) is 1. The Hall–Kier alpha value is -1.88. The van der Waals surface area contributed by atoms with Gasteiger partial charge in [-0.2, -0.15) is 0 Å². The van der Waals surface area contributed by atoms with Crippen LogP contribution in [0.1, 0.15) is 17.0 Å². The molecule has 1 atom stereocenters. The second-order valence-corrected chi connectivity index (χ2v) is 4.30. The van der Waals surface area contributed by atoms with E-state index in [1.54, 1.807) is 0 Å². The maximum absolute atomic E-state index is 11.8. The minimum absolute atomic E-state index is 0.0193. The second kappa shape index (κ2) is 5.18. The van der Waals surface area contributed by atoms with E-state index in [4.69, 9.17) is 4.74 Å². The molecule has 1 amide bonds. The van der Waals surface area contributed by atoms with Gasteiger partial charge in [-0.05, 0) is 11.1 Å². The number of carbonyl (C=O) groups is 2. The predicted molar refractivity (Wildman–Crippen MR) is 64.1 cm³/mol. The quantitative estimate of drug-likeness (QED) is 0.862. The molecule has 18 heavy (non-hydrogen) atoms. The van der Waals surface area contributed by atoms with Crippen LogP contribution in [0.5, 0.6) is 0 Å². The highest BCUT2D eigenvalue weighted by molar-refractivity contribution is 5.82. The van der Waals surface area contributed by atoms with Gasteiger partial charge < -0.3 is 14.7 Å². The van der Waals surface area contributed by atoms with Crippen molar-refractivity contribution in [1.82, 2.24) is 4.90 Å². The highest BCUT2D eigenvalue weighted by atomic mass is 16.5. The van der Waals surface area contributed by atoms with Gasteiger partial charge in [0.2, 0.25) is 5.91 Å². The van der Waals surface area contributed by atoms with Crippen molar-refractivity contribution in [2.45, 2.75) is 12.5 Å². The zero-order valence-corrected chi connectivity index (χ0v) is 10.1. The third-order valence-electron chi connectivity index (χ3n) is 3.11. The second-order valence-electron chi connectivity index (χ2n) is 4.30. The minimum Gasteiger partial charge on any atom is -0.481 e. The monoisotopic (exact) mass is 249 g/mol. The van der Waals surface area contributed by atoms with Crippen LogP contribution in [0.25, 0.3) is 0 Å². The number of hydrogen-bond acceptors (Lipinski definition) is 3. The maximum atomic E-state index is 11.8. The van der Waals surface area contributed by atoms with Crippen LogP contribution in [-0.4, -0.2) is 42.1 Å². The van der Waals surface area contributed by atoms with Gasteiger partial charge in [-0.15, -0.1) is 0 Å². The summed E-state index contributed by atoms with van der Waals surface area (Å²) < 4.78 is 4.80. The molecular weight excluding hydrogens is 234 g/mol. The lowest BCUT2D eigenvalue weighted by Crippen LogP contribution is -2.42. The van der Waals surface area contributed by atoms with E-state index in [-0.39, 0.29) is 19.1 Å². The van der Waals surface area contributed by atoms with Crippen molar-refractivity contribution >= 4 is 11.9 Å². The normalized spacial score (nSPS) is 18.3. The van der Waals surface area contributed by atoms with Crippen molar-refractivity contribution in [3.05, 3.63) is 35.4 Å². The first-order valence-corrected chi connectivity index (χ1v) is 5.70. The van der Waals surface area contributed by atoms with E-state index in [2.05, 4.69) is 0 Å². The molecule has 1 aromatic carbocycles. The molecule has 1 aliphatic rings. The van der Waals surface area contributed by atoms with E-state index in [9.17, 15) is 14.7 Å². The highest BCUT2D eigenvalue weighted by Gasteiger charge is 2.32. The van der Waals surface area contributed by atoms with Crippen LogP contribution in [-0.2, 0) is 20.9 Å². The molecule has 0 spiro atoms. The van der Waals surface area contributed by atoms with E-state index >= 15 is 0 Å². The van der Waals surface area contributed by atoms with E-state index in [1.165, 1.54) is 12.0 Å². The first-order chi connectivity index (χ1) is 8.63.